The van der Waals surface area contributed by atoms with Gasteiger partial charge in [-0.1, -0.05) is 34.6 Å². The molecule has 0 bridgehead atoms. The van der Waals surface area contributed by atoms with Crippen LogP contribution >= 0.6 is 0 Å². The zero-order valence-electron chi connectivity index (χ0n) is 28.7. The predicted octanol–water partition coefficient (Wildman–Crippen LogP) is 6.70. The van der Waals surface area contributed by atoms with Gasteiger partial charge in [0.2, 0.25) is 0 Å². The number of hydrogen-bond acceptors (Lipinski definition) is 5. The van der Waals surface area contributed by atoms with Crippen molar-refractivity contribution in [2.75, 3.05) is 39.3 Å². The van der Waals surface area contributed by atoms with Crippen LogP contribution in [-0.4, -0.2) is 51.4 Å². The molecule has 246 valence electrons. The highest BCUT2D eigenvalue weighted by Crippen LogP contribution is 2.68. The van der Waals surface area contributed by atoms with Gasteiger partial charge in [0, 0.05) is 12.1 Å². The second-order valence-electron chi connectivity index (χ2n) is 16.5. The Bertz CT molecular complexity index is 773. The average molecular weight is 588 g/mol. The molecule has 5 heteroatoms. The van der Waals surface area contributed by atoms with Crippen molar-refractivity contribution in [3.63, 3.8) is 0 Å². The zero-order chi connectivity index (χ0) is 30.2. The largest absolute Gasteiger partial charge is 0.330 e. The van der Waals surface area contributed by atoms with Crippen LogP contribution in [0.15, 0.2) is 0 Å². The van der Waals surface area contributed by atoms with E-state index in [4.69, 9.17) is 11.5 Å². The Hall–Kier alpha value is -0.200. The Labute approximate surface area is 261 Å². The van der Waals surface area contributed by atoms with Crippen LogP contribution in [0, 0.1) is 52.3 Å². The lowest BCUT2D eigenvalue weighted by Gasteiger charge is -2.61. The minimum atomic E-state index is 0.374. The summed E-state index contributed by atoms with van der Waals surface area (Å²) in [5.41, 5.74) is 13.2. The van der Waals surface area contributed by atoms with Gasteiger partial charge in [0.1, 0.15) is 0 Å². The molecular formula is C37H73N5. The van der Waals surface area contributed by atoms with Crippen LogP contribution in [-0.2, 0) is 0 Å². The van der Waals surface area contributed by atoms with E-state index in [1.54, 1.807) is 0 Å². The second-order valence-corrected chi connectivity index (χ2v) is 16.5. The van der Waals surface area contributed by atoms with Gasteiger partial charge < -0.3 is 27.4 Å². The van der Waals surface area contributed by atoms with E-state index < -0.39 is 0 Å². The summed E-state index contributed by atoms with van der Waals surface area (Å²) < 4.78 is 0. The SMILES string of the molecule is CC(C)C(N)CC[C@@H](C)[C@H]1CCC2C3CC[C@H]4C[C@@H](NCCCNCCCCNCCCN)CC[C@]4(C)C3CC[C@@]21C. The van der Waals surface area contributed by atoms with Gasteiger partial charge in [0.25, 0.3) is 0 Å². The summed E-state index contributed by atoms with van der Waals surface area (Å²) in [6.45, 7) is 19.1. The Kier molecular flexibility index (Phi) is 13.5. The molecule has 0 aromatic heterocycles. The monoisotopic (exact) mass is 588 g/mol. The van der Waals surface area contributed by atoms with E-state index in [1.165, 1.54) is 96.4 Å². The number of hydrogen-bond donors (Lipinski definition) is 5. The van der Waals surface area contributed by atoms with E-state index in [0.29, 0.717) is 22.8 Å². The highest BCUT2D eigenvalue weighted by molar-refractivity contribution is 5.10. The van der Waals surface area contributed by atoms with Gasteiger partial charge in [-0.25, -0.2) is 0 Å². The molecular weight excluding hydrogens is 514 g/mol. The molecule has 4 unspecified atom stereocenters. The van der Waals surface area contributed by atoms with Crippen molar-refractivity contribution in [2.24, 2.45) is 63.7 Å². The third kappa shape index (κ3) is 8.33. The van der Waals surface area contributed by atoms with Crippen LogP contribution < -0.4 is 27.4 Å². The first-order valence-electron chi connectivity index (χ1n) is 18.8. The summed E-state index contributed by atoms with van der Waals surface area (Å²) in [6.07, 6.45) is 20.7. The molecule has 7 N–H and O–H groups in total. The molecule has 0 amide bonds. The molecule has 0 aromatic rings. The lowest BCUT2D eigenvalue weighted by atomic mass is 9.44. The molecule has 0 saturated heterocycles. The van der Waals surface area contributed by atoms with Gasteiger partial charge in [-0.2, -0.15) is 0 Å². The topological polar surface area (TPSA) is 88.1 Å². The molecule has 0 radical (unpaired) electrons. The summed E-state index contributed by atoms with van der Waals surface area (Å²) in [7, 11) is 0. The molecule has 10 atom stereocenters. The highest BCUT2D eigenvalue weighted by atomic mass is 14.9. The third-order valence-electron chi connectivity index (χ3n) is 13.7. The fourth-order valence-corrected chi connectivity index (χ4v) is 10.9. The molecule has 4 fully saturated rings. The zero-order valence-corrected chi connectivity index (χ0v) is 28.7. The van der Waals surface area contributed by atoms with Crippen molar-refractivity contribution in [1.82, 2.24) is 16.0 Å². The third-order valence-corrected chi connectivity index (χ3v) is 13.7. The number of unbranched alkanes of at least 4 members (excludes halogenated alkanes) is 1. The standard InChI is InChI=1S/C37H73N5/c1-27(2)35(39)15-10-28(3)32-13-14-33-31-12-11-29-26-30(16-18-36(29,4)34(31)17-19-37(32,33)5)42-25-9-24-41-22-7-6-21-40-23-8-20-38/h27-35,40-42H,6-26,38-39H2,1-5H3/t28-,29+,30+,31?,32-,33?,34?,35?,36+,37-/m1/s1. The Balaban J connectivity index is 1.17. The fourth-order valence-electron chi connectivity index (χ4n) is 10.9. The molecule has 0 aromatic carbocycles. The smallest absolute Gasteiger partial charge is 0.00701 e. The maximum Gasteiger partial charge on any atom is 0.00701 e. The molecule has 4 aliphatic carbocycles. The molecule has 4 aliphatic rings. The van der Waals surface area contributed by atoms with Crippen molar-refractivity contribution in [2.45, 2.75) is 143 Å². The van der Waals surface area contributed by atoms with Gasteiger partial charge in [-0.05, 0) is 188 Å². The molecule has 4 rings (SSSR count). The van der Waals surface area contributed by atoms with E-state index in [2.05, 4.69) is 50.6 Å². The van der Waals surface area contributed by atoms with Crippen LogP contribution in [0.1, 0.15) is 131 Å². The van der Waals surface area contributed by atoms with Crippen molar-refractivity contribution in [3.05, 3.63) is 0 Å². The summed E-state index contributed by atoms with van der Waals surface area (Å²) in [6, 6.07) is 1.13. The molecule has 0 aliphatic heterocycles. The summed E-state index contributed by atoms with van der Waals surface area (Å²) >= 11 is 0. The Morgan fingerprint density at radius 1 is 0.714 bits per heavy atom. The van der Waals surface area contributed by atoms with E-state index in [1.807, 2.05) is 0 Å². The van der Waals surface area contributed by atoms with E-state index >= 15 is 0 Å². The van der Waals surface area contributed by atoms with Gasteiger partial charge in [0.05, 0.1) is 0 Å². The van der Waals surface area contributed by atoms with Gasteiger partial charge in [-0.15, -0.1) is 0 Å². The first-order chi connectivity index (χ1) is 20.2. The molecule has 4 saturated carbocycles. The van der Waals surface area contributed by atoms with E-state index in [0.717, 1.165) is 80.7 Å². The van der Waals surface area contributed by atoms with E-state index in [9.17, 15) is 0 Å². The normalized spacial score (nSPS) is 37.7. The first-order valence-corrected chi connectivity index (χ1v) is 18.8. The van der Waals surface area contributed by atoms with Gasteiger partial charge in [-0.3, -0.25) is 0 Å². The van der Waals surface area contributed by atoms with Gasteiger partial charge >= 0.3 is 0 Å². The molecule has 0 spiro atoms. The average Bonchev–Trinajstić information content (AvgIpc) is 3.33. The second kappa shape index (κ2) is 16.4. The van der Waals surface area contributed by atoms with Crippen LogP contribution in [0.2, 0.25) is 0 Å². The molecule has 0 heterocycles. The number of rotatable bonds is 18. The van der Waals surface area contributed by atoms with Crippen molar-refractivity contribution in [3.8, 4) is 0 Å². The maximum absolute atomic E-state index is 6.47. The molecule has 42 heavy (non-hydrogen) atoms. The summed E-state index contributed by atoms with van der Waals surface area (Å²) in [5.74, 6) is 6.27. The van der Waals surface area contributed by atoms with E-state index in [-0.39, 0.29) is 0 Å². The van der Waals surface area contributed by atoms with Crippen LogP contribution in [0.3, 0.4) is 0 Å². The lowest BCUT2D eigenvalue weighted by Crippen LogP contribution is -2.55. The minimum Gasteiger partial charge on any atom is -0.330 e. The number of fused-ring (bicyclic) bond motifs is 5. The van der Waals surface area contributed by atoms with Crippen molar-refractivity contribution < 1.29 is 0 Å². The first kappa shape index (κ1) is 34.7. The Morgan fingerprint density at radius 2 is 1.38 bits per heavy atom. The van der Waals surface area contributed by atoms with Crippen molar-refractivity contribution in [1.29, 1.82) is 0 Å². The fraction of sp³-hybridized carbons (Fsp3) is 1.00. The van der Waals surface area contributed by atoms with Gasteiger partial charge in [0.15, 0.2) is 0 Å². The Morgan fingerprint density at radius 3 is 2.10 bits per heavy atom. The summed E-state index contributed by atoms with van der Waals surface area (Å²) in [5, 5.41) is 11.1. The lowest BCUT2D eigenvalue weighted by molar-refractivity contribution is -0.118. The quantitative estimate of drug-likeness (QED) is 0.115. The minimum absolute atomic E-state index is 0.374. The predicted molar refractivity (Wildman–Crippen MR) is 181 cm³/mol. The van der Waals surface area contributed by atoms with Crippen molar-refractivity contribution >= 4 is 0 Å². The number of nitrogens with two attached hydrogens (primary N) is 2. The van der Waals surface area contributed by atoms with Crippen LogP contribution in [0.4, 0.5) is 0 Å². The highest BCUT2D eigenvalue weighted by Gasteiger charge is 2.60. The maximum atomic E-state index is 6.47. The van der Waals surface area contributed by atoms with Crippen LogP contribution in [0.25, 0.3) is 0 Å². The number of nitrogens with one attached hydrogen (secondary N) is 3. The molecule has 5 nitrogen and oxygen atoms in total. The van der Waals surface area contributed by atoms with Crippen LogP contribution in [0.5, 0.6) is 0 Å². The summed E-state index contributed by atoms with van der Waals surface area (Å²) in [4.78, 5) is 0.